The van der Waals surface area contributed by atoms with Crippen LogP contribution in [0.15, 0.2) is 17.3 Å². The number of hydrogen-bond donors (Lipinski definition) is 1. The van der Waals surface area contributed by atoms with Crippen LogP contribution in [0.1, 0.15) is 15.9 Å². The maximum atomic E-state index is 11.5. The van der Waals surface area contributed by atoms with Gasteiger partial charge in [0.15, 0.2) is 0 Å². The minimum absolute atomic E-state index is 0.101. The largest absolute Gasteiger partial charge is 0.411 e. The highest BCUT2D eigenvalue weighted by atomic mass is 35.5. The summed E-state index contributed by atoms with van der Waals surface area (Å²) in [6.07, 6.45) is 0.283. The van der Waals surface area contributed by atoms with Crippen molar-refractivity contribution < 1.29 is 10.0 Å². The van der Waals surface area contributed by atoms with Crippen LogP contribution in [0.4, 0.5) is 0 Å². The second-order valence-corrected chi connectivity index (χ2v) is 3.82. The summed E-state index contributed by atoms with van der Waals surface area (Å²) in [5.74, 6) is -0.329. The predicted octanol–water partition coefficient (Wildman–Crippen LogP) is 2.56. The molecule has 0 spiro atoms. The third kappa shape index (κ3) is 1.29. The number of halogens is 2. The first-order valence-electron chi connectivity index (χ1n) is 3.87. The van der Waals surface area contributed by atoms with E-state index < -0.39 is 0 Å². The number of Topliss-reactive ketones (excluding diaryl/α,β-unsaturated/α-hetero) is 1. The van der Waals surface area contributed by atoms with E-state index in [2.05, 4.69) is 5.16 Å². The highest BCUT2D eigenvalue weighted by molar-refractivity contribution is 6.52. The molecule has 5 heteroatoms. The van der Waals surface area contributed by atoms with Gasteiger partial charge in [0.2, 0.25) is 5.78 Å². The average Bonchev–Trinajstić information content (AvgIpc) is 2.42. The normalized spacial score (nSPS) is 17.6. The van der Waals surface area contributed by atoms with Crippen molar-refractivity contribution in [3.63, 3.8) is 0 Å². The van der Waals surface area contributed by atoms with E-state index in [9.17, 15) is 4.79 Å². The number of benzene rings is 1. The summed E-state index contributed by atoms with van der Waals surface area (Å²) < 4.78 is 0. The molecular weight excluding hydrogens is 225 g/mol. The lowest BCUT2D eigenvalue weighted by molar-refractivity contribution is 0.106. The van der Waals surface area contributed by atoms with Crippen LogP contribution in [0.5, 0.6) is 0 Å². The van der Waals surface area contributed by atoms with Crippen molar-refractivity contribution in [2.24, 2.45) is 5.16 Å². The number of nitrogens with zero attached hydrogens (tertiary/aromatic N) is 1. The Balaban J connectivity index is 2.65. The van der Waals surface area contributed by atoms with Crippen molar-refractivity contribution >= 4 is 34.7 Å². The van der Waals surface area contributed by atoms with Gasteiger partial charge in [-0.3, -0.25) is 4.79 Å². The second-order valence-electron chi connectivity index (χ2n) is 2.97. The quantitative estimate of drug-likeness (QED) is 0.550. The summed E-state index contributed by atoms with van der Waals surface area (Å²) in [4.78, 5) is 11.5. The molecule has 14 heavy (non-hydrogen) atoms. The highest BCUT2D eigenvalue weighted by Gasteiger charge is 2.29. The first-order chi connectivity index (χ1) is 6.63. The van der Waals surface area contributed by atoms with Crippen molar-refractivity contribution in [1.29, 1.82) is 0 Å². The fourth-order valence-electron chi connectivity index (χ4n) is 1.51. The zero-order valence-electron chi connectivity index (χ0n) is 6.92. The molecule has 0 bridgehead atoms. The maximum Gasteiger partial charge on any atom is 0.212 e. The molecule has 0 atom stereocenters. The summed E-state index contributed by atoms with van der Waals surface area (Å²) in [6, 6.07) is 3.15. The molecule has 2 rings (SSSR count). The number of oxime groups is 1. The van der Waals surface area contributed by atoms with Crippen LogP contribution in [-0.2, 0) is 6.42 Å². The molecule has 0 radical (unpaired) electrons. The predicted molar refractivity (Wildman–Crippen MR) is 53.7 cm³/mol. The van der Waals surface area contributed by atoms with E-state index in [1.54, 1.807) is 6.07 Å². The number of ketones is 1. The molecule has 0 saturated heterocycles. The first-order valence-corrected chi connectivity index (χ1v) is 4.62. The van der Waals surface area contributed by atoms with Gasteiger partial charge < -0.3 is 5.21 Å². The number of fused-ring (bicyclic) bond motifs is 1. The van der Waals surface area contributed by atoms with Gasteiger partial charge in [0.1, 0.15) is 5.71 Å². The van der Waals surface area contributed by atoms with E-state index in [0.717, 1.165) is 0 Å². The SMILES string of the molecule is O=C1/C(=N\O)Cc2cc(Cl)cc(Cl)c21. The van der Waals surface area contributed by atoms with Crippen LogP contribution < -0.4 is 0 Å². The van der Waals surface area contributed by atoms with E-state index in [-0.39, 0.29) is 17.9 Å². The molecular formula is C9H5Cl2NO2. The van der Waals surface area contributed by atoms with E-state index in [0.29, 0.717) is 21.2 Å². The van der Waals surface area contributed by atoms with Crippen molar-refractivity contribution in [1.82, 2.24) is 0 Å². The van der Waals surface area contributed by atoms with Crippen molar-refractivity contribution in [2.45, 2.75) is 6.42 Å². The van der Waals surface area contributed by atoms with Crippen LogP contribution in [0.3, 0.4) is 0 Å². The Morgan fingerprint density at radius 2 is 2.07 bits per heavy atom. The summed E-state index contributed by atoms with van der Waals surface area (Å²) in [6.45, 7) is 0. The smallest absolute Gasteiger partial charge is 0.212 e. The van der Waals surface area contributed by atoms with E-state index in [4.69, 9.17) is 28.4 Å². The van der Waals surface area contributed by atoms with E-state index >= 15 is 0 Å². The Labute approximate surface area is 89.9 Å². The standard InChI is InChI=1S/C9H5Cl2NO2/c10-5-1-4-2-7(12-14)9(13)8(4)6(11)3-5/h1,3,14H,2H2/b12-7-. The van der Waals surface area contributed by atoms with Crippen LogP contribution in [0.2, 0.25) is 10.0 Å². The number of carbonyl (C=O) groups is 1. The lowest BCUT2D eigenvalue weighted by atomic mass is 10.1. The Morgan fingerprint density at radius 3 is 2.71 bits per heavy atom. The topological polar surface area (TPSA) is 49.7 Å². The van der Waals surface area contributed by atoms with Gasteiger partial charge in [-0.25, -0.2) is 0 Å². The molecule has 0 saturated carbocycles. The summed E-state index contributed by atoms with van der Waals surface area (Å²) in [5.41, 5.74) is 1.20. The zero-order chi connectivity index (χ0) is 10.3. The van der Waals surface area contributed by atoms with Gasteiger partial charge in [0.25, 0.3) is 0 Å². The summed E-state index contributed by atoms with van der Waals surface area (Å²) >= 11 is 11.6. The fraction of sp³-hybridized carbons (Fsp3) is 0.111. The lowest BCUT2D eigenvalue weighted by Crippen LogP contribution is -2.07. The minimum Gasteiger partial charge on any atom is -0.411 e. The van der Waals surface area contributed by atoms with E-state index in [1.165, 1.54) is 6.07 Å². The molecule has 72 valence electrons. The summed E-state index contributed by atoms with van der Waals surface area (Å²) in [7, 11) is 0. The third-order valence-corrected chi connectivity index (χ3v) is 2.62. The van der Waals surface area contributed by atoms with Gasteiger partial charge in [0, 0.05) is 17.0 Å². The number of rotatable bonds is 0. The molecule has 1 aliphatic carbocycles. The van der Waals surface area contributed by atoms with Gasteiger partial charge in [-0.15, -0.1) is 0 Å². The number of hydrogen-bond acceptors (Lipinski definition) is 3. The molecule has 0 aliphatic heterocycles. The third-order valence-electron chi connectivity index (χ3n) is 2.10. The summed E-state index contributed by atoms with van der Waals surface area (Å²) in [5, 5.41) is 12.3. The monoisotopic (exact) mass is 229 g/mol. The van der Waals surface area contributed by atoms with Crippen molar-refractivity contribution in [3.8, 4) is 0 Å². The molecule has 3 nitrogen and oxygen atoms in total. The van der Waals surface area contributed by atoms with E-state index in [1.807, 2.05) is 0 Å². The average molecular weight is 230 g/mol. The number of carbonyl (C=O) groups excluding carboxylic acids is 1. The molecule has 0 amide bonds. The Kier molecular flexibility index (Phi) is 2.21. The molecule has 1 aromatic rings. The second kappa shape index (κ2) is 3.26. The van der Waals surface area contributed by atoms with Gasteiger partial charge >= 0.3 is 0 Å². The molecule has 0 aromatic heterocycles. The Morgan fingerprint density at radius 1 is 1.36 bits per heavy atom. The Hall–Kier alpha value is -1.06. The lowest BCUT2D eigenvalue weighted by Gasteiger charge is -1.99. The Bertz CT molecular complexity index is 454. The van der Waals surface area contributed by atoms with Crippen molar-refractivity contribution in [2.75, 3.05) is 0 Å². The molecule has 0 heterocycles. The van der Waals surface area contributed by atoms with Crippen molar-refractivity contribution in [3.05, 3.63) is 33.3 Å². The molecule has 0 fully saturated rings. The zero-order valence-corrected chi connectivity index (χ0v) is 8.43. The highest BCUT2D eigenvalue weighted by Crippen LogP contribution is 2.30. The fourth-order valence-corrected chi connectivity index (χ4v) is 2.13. The minimum atomic E-state index is -0.329. The van der Waals surface area contributed by atoms with Gasteiger partial charge in [-0.2, -0.15) is 0 Å². The molecule has 1 aromatic carbocycles. The van der Waals surface area contributed by atoms with Crippen LogP contribution >= 0.6 is 23.2 Å². The first kappa shape index (κ1) is 9.49. The van der Waals surface area contributed by atoms with Crippen LogP contribution in [0, 0.1) is 0 Å². The van der Waals surface area contributed by atoms with Gasteiger partial charge in [-0.05, 0) is 17.7 Å². The molecule has 1 N–H and O–H groups in total. The van der Waals surface area contributed by atoms with Gasteiger partial charge in [0.05, 0.1) is 5.02 Å². The molecule has 1 aliphatic rings. The van der Waals surface area contributed by atoms with Crippen LogP contribution in [-0.4, -0.2) is 16.7 Å². The molecule has 0 unspecified atom stereocenters. The van der Waals surface area contributed by atoms with Gasteiger partial charge in [-0.1, -0.05) is 28.4 Å². The van der Waals surface area contributed by atoms with Crippen LogP contribution in [0.25, 0.3) is 0 Å². The maximum absolute atomic E-state index is 11.5.